The number of hydrogen-bond donors (Lipinski definition) is 3. The van der Waals surface area contributed by atoms with E-state index in [1.54, 1.807) is 13.2 Å². The van der Waals surface area contributed by atoms with Gasteiger partial charge in [0.1, 0.15) is 5.75 Å². The molecule has 0 aliphatic heterocycles. The molecule has 1 aromatic rings. The Hall–Kier alpha value is -1.10. The van der Waals surface area contributed by atoms with Crippen molar-refractivity contribution in [2.24, 2.45) is 0 Å². The lowest BCUT2D eigenvalue weighted by molar-refractivity contribution is 0.121. The Morgan fingerprint density at radius 1 is 1.42 bits per heavy atom. The lowest BCUT2D eigenvalue weighted by Gasteiger charge is -2.22. The molecule has 0 spiro atoms. The molecular weight excluding hydrogens is 242 g/mol. The molecule has 1 aliphatic rings. The fraction of sp³-hybridized carbons (Fsp3) is 0.600. The third kappa shape index (κ3) is 2.76. The number of aryl methyl sites for hydroxylation is 1. The van der Waals surface area contributed by atoms with Crippen LogP contribution in [0.25, 0.3) is 0 Å². The molecule has 0 amide bonds. The summed E-state index contributed by atoms with van der Waals surface area (Å²) in [7, 11) is 1.62. The molecule has 0 saturated carbocycles. The minimum absolute atomic E-state index is 0.0284. The van der Waals surface area contributed by atoms with E-state index in [2.05, 4.69) is 19.2 Å². The van der Waals surface area contributed by atoms with Gasteiger partial charge in [0.25, 0.3) is 0 Å². The van der Waals surface area contributed by atoms with Crippen LogP contribution >= 0.6 is 0 Å². The molecule has 0 aromatic heterocycles. The van der Waals surface area contributed by atoms with Crippen molar-refractivity contribution in [2.75, 3.05) is 20.3 Å². The second-order valence-electron chi connectivity index (χ2n) is 5.42. The maximum atomic E-state index is 10.1. The van der Waals surface area contributed by atoms with Gasteiger partial charge >= 0.3 is 0 Å². The minimum atomic E-state index is -0.104. The van der Waals surface area contributed by atoms with Gasteiger partial charge in [-0.1, -0.05) is 13.0 Å². The first kappa shape index (κ1) is 14.3. The van der Waals surface area contributed by atoms with Crippen LogP contribution in [-0.2, 0) is 4.74 Å². The number of aromatic hydroxyl groups is 1. The Morgan fingerprint density at radius 2 is 2.16 bits per heavy atom. The van der Waals surface area contributed by atoms with E-state index in [0.717, 1.165) is 12.0 Å². The van der Waals surface area contributed by atoms with Crippen LogP contribution in [0.15, 0.2) is 12.1 Å². The van der Waals surface area contributed by atoms with Crippen molar-refractivity contribution in [3.8, 4) is 5.75 Å². The summed E-state index contributed by atoms with van der Waals surface area (Å²) in [6.07, 6.45) is 0.938. The van der Waals surface area contributed by atoms with Crippen LogP contribution in [0, 0.1) is 6.92 Å². The summed E-state index contributed by atoms with van der Waals surface area (Å²) in [5.41, 5.74) is 3.45. The quantitative estimate of drug-likeness (QED) is 0.760. The fourth-order valence-electron chi connectivity index (χ4n) is 3.13. The van der Waals surface area contributed by atoms with E-state index in [0.29, 0.717) is 18.3 Å². The van der Waals surface area contributed by atoms with Crippen molar-refractivity contribution in [3.05, 3.63) is 28.8 Å². The zero-order valence-electron chi connectivity index (χ0n) is 11.8. The summed E-state index contributed by atoms with van der Waals surface area (Å²) >= 11 is 0. The largest absolute Gasteiger partial charge is 0.508 e. The predicted molar refractivity (Wildman–Crippen MR) is 74.5 cm³/mol. The summed E-state index contributed by atoms with van der Waals surface area (Å²) in [5.74, 6) is 0.762. The van der Waals surface area contributed by atoms with Crippen molar-refractivity contribution in [3.63, 3.8) is 0 Å². The number of nitrogens with one attached hydrogen (secondary N) is 1. The molecule has 0 bridgehead atoms. The number of aliphatic hydroxyl groups excluding tert-OH is 1. The Bertz CT molecular complexity index is 447. The second-order valence-corrected chi connectivity index (χ2v) is 5.42. The number of methoxy groups -OCH3 is 1. The lowest BCUT2D eigenvalue weighted by atomic mass is 9.97. The topological polar surface area (TPSA) is 61.7 Å². The van der Waals surface area contributed by atoms with Crippen LogP contribution < -0.4 is 5.32 Å². The standard InChI is InChI=1S/C15H23NO3/c1-9-4-5-13(18)15-12(6-10(2)14(9)15)16-11(7-17)8-19-3/h4-5,10-12,16-18H,6-8H2,1-3H3. The number of rotatable bonds is 5. The average Bonchev–Trinajstić information content (AvgIpc) is 2.71. The highest BCUT2D eigenvalue weighted by Gasteiger charge is 2.33. The number of benzene rings is 1. The van der Waals surface area contributed by atoms with Crippen molar-refractivity contribution in [2.45, 2.75) is 38.3 Å². The van der Waals surface area contributed by atoms with E-state index >= 15 is 0 Å². The van der Waals surface area contributed by atoms with Crippen LogP contribution in [0.2, 0.25) is 0 Å². The van der Waals surface area contributed by atoms with Gasteiger partial charge in [0.05, 0.1) is 19.3 Å². The third-order valence-corrected chi connectivity index (χ3v) is 3.94. The van der Waals surface area contributed by atoms with E-state index in [9.17, 15) is 10.2 Å². The molecule has 19 heavy (non-hydrogen) atoms. The molecular formula is C15H23NO3. The normalized spacial score (nSPS) is 23.4. The monoisotopic (exact) mass is 265 g/mol. The number of phenols is 1. The summed E-state index contributed by atoms with van der Waals surface area (Å²) in [5, 5.41) is 22.9. The summed E-state index contributed by atoms with van der Waals surface area (Å²) in [6, 6.07) is 3.70. The number of aliphatic hydroxyl groups is 1. The molecule has 1 aliphatic carbocycles. The molecule has 3 unspecified atom stereocenters. The molecule has 1 aromatic carbocycles. The van der Waals surface area contributed by atoms with Crippen molar-refractivity contribution in [1.29, 1.82) is 0 Å². The van der Waals surface area contributed by atoms with Gasteiger partial charge in [0, 0.05) is 18.7 Å². The van der Waals surface area contributed by atoms with Gasteiger partial charge in [-0.05, 0) is 36.5 Å². The zero-order chi connectivity index (χ0) is 14.0. The molecule has 3 atom stereocenters. The summed E-state index contributed by atoms with van der Waals surface area (Å²) < 4.78 is 5.09. The van der Waals surface area contributed by atoms with Crippen molar-refractivity contribution >= 4 is 0 Å². The van der Waals surface area contributed by atoms with E-state index in [-0.39, 0.29) is 18.7 Å². The van der Waals surface area contributed by atoms with Gasteiger partial charge in [-0.3, -0.25) is 0 Å². The lowest BCUT2D eigenvalue weighted by Crippen LogP contribution is -2.38. The molecule has 0 saturated heterocycles. The number of hydrogen-bond acceptors (Lipinski definition) is 4. The molecule has 0 fully saturated rings. The van der Waals surface area contributed by atoms with E-state index in [1.807, 2.05) is 6.07 Å². The predicted octanol–water partition coefficient (Wildman–Crippen LogP) is 1.85. The SMILES string of the molecule is COCC(CO)NC1CC(C)c2c(C)ccc(O)c21. The van der Waals surface area contributed by atoms with Crippen LogP contribution in [-0.4, -0.2) is 36.6 Å². The molecule has 0 radical (unpaired) electrons. The Morgan fingerprint density at radius 3 is 2.79 bits per heavy atom. The van der Waals surface area contributed by atoms with Gasteiger partial charge in [-0.2, -0.15) is 0 Å². The highest BCUT2D eigenvalue weighted by molar-refractivity contribution is 5.50. The van der Waals surface area contributed by atoms with Crippen LogP contribution in [0.4, 0.5) is 0 Å². The average molecular weight is 265 g/mol. The fourth-order valence-corrected chi connectivity index (χ4v) is 3.13. The van der Waals surface area contributed by atoms with E-state index in [1.165, 1.54) is 11.1 Å². The highest BCUT2D eigenvalue weighted by atomic mass is 16.5. The van der Waals surface area contributed by atoms with E-state index < -0.39 is 0 Å². The van der Waals surface area contributed by atoms with Gasteiger partial charge in [0.2, 0.25) is 0 Å². The highest BCUT2D eigenvalue weighted by Crippen LogP contribution is 2.45. The summed E-state index contributed by atoms with van der Waals surface area (Å²) in [4.78, 5) is 0. The third-order valence-electron chi connectivity index (χ3n) is 3.94. The molecule has 3 N–H and O–H groups in total. The van der Waals surface area contributed by atoms with Gasteiger partial charge in [-0.15, -0.1) is 0 Å². The number of ether oxygens (including phenoxy) is 1. The first-order chi connectivity index (χ1) is 9.08. The Labute approximate surface area is 114 Å². The number of fused-ring (bicyclic) bond motifs is 1. The van der Waals surface area contributed by atoms with Crippen LogP contribution in [0.3, 0.4) is 0 Å². The van der Waals surface area contributed by atoms with Crippen molar-refractivity contribution < 1.29 is 14.9 Å². The van der Waals surface area contributed by atoms with Gasteiger partial charge in [-0.25, -0.2) is 0 Å². The Kier molecular flexibility index (Phi) is 4.45. The zero-order valence-corrected chi connectivity index (χ0v) is 11.8. The maximum absolute atomic E-state index is 10.1. The first-order valence-corrected chi connectivity index (χ1v) is 6.76. The molecule has 4 heteroatoms. The molecule has 106 valence electrons. The van der Waals surface area contributed by atoms with Crippen LogP contribution in [0.1, 0.15) is 42.0 Å². The van der Waals surface area contributed by atoms with Crippen LogP contribution in [0.5, 0.6) is 5.75 Å². The Balaban J connectivity index is 2.26. The molecule has 4 nitrogen and oxygen atoms in total. The van der Waals surface area contributed by atoms with Gasteiger partial charge in [0.15, 0.2) is 0 Å². The second kappa shape index (κ2) is 5.90. The number of phenolic OH excluding ortho intramolecular Hbond substituents is 1. The first-order valence-electron chi connectivity index (χ1n) is 6.76. The smallest absolute Gasteiger partial charge is 0.120 e. The van der Waals surface area contributed by atoms with E-state index in [4.69, 9.17) is 4.74 Å². The minimum Gasteiger partial charge on any atom is -0.508 e. The maximum Gasteiger partial charge on any atom is 0.120 e. The van der Waals surface area contributed by atoms with Gasteiger partial charge < -0.3 is 20.3 Å². The molecule has 2 rings (SSSR count). The van der Waals surface area contributed by atoms with Crippen molar-refractivity contribution in [1.82, 2.24) is 5.32 Å². The summed E-state index contributed by atoms with van der Waals surface area (Å²) in [6.45, 7) is 4.75. The molecule has 0 heterocycles.